The molecule has 0 aliphatic carbocycles. The van der Waals surface area contributed by atoms with Gasteiger partial charge in [-0.1, -0.05) is 13.0 Å². The summed E-state index contributed by atoms with van der Waals surface area (Å²) in [5.74, 6) is 0.542. The summed E-state index contributed by atoms with van der Waals surface area (Å²) in [7, 11) is 0. The lowest BCUT2D eigenvalue weighted by molar-refractivity contribution is 0.136. The third kappa shape index (κ3) is 7.53. The molecule has 0 rings (SSSR count). The highest BCUT2D eigenvalue weighted by atomic mass is 16.3. The van der Waals surface area contributed by atoms with E-state index in [1.54, 1.807) is 0 Å². The summed E-state index contributed by atoms with van der Waals surface area (Å²) in [6.45, 7) is 17.5. The number of nitrogens with zero attached hydrogens (tertiary/aromatic N) is 1. The maximum Gasteiger partial charge on any atom is 0.0558 e. The third-order valence-electron chi connectivity index (χ3n) is 3.10. The number of aliphatic hydroxyl groups is 1. The van der Waals surface area contributed by atoms with Crippen LogP contribution >= 0.6 is 0 Å². The highest BCUT2D eigenvalue weighted by Crippen LogP contribution is 2.11. The van der Waals surface area contributed by atoms with Crippen LogP contribution in [0.25, 0.3) is 0 Å². The van der Waals surface area contributed by atoms with Gasteiger partial charge in [0.05, 0.1) is 6.61 Å². The molecule has 0 saturated heterocycles. The Morgan fingerprint density at radius 3 is 2.35 bits per heavy atom. The first-order chi connectivity index (χ1) is 7.81. The van der Waals surface area contributed by atoms with Crippen LogP contribution in [0, 0.1) is 5.92 Å². The van der Waals surface area contributed by atoms with Crippen LogP contribution in [-0.4, -0.2) is 47.8 Å². The second-order valence-electron chi connectivity index (χ2n) is 5.86. The van der Waals surface area contributed by atoms with Gasteiger partial charge in [0.2, 0.25) is 0 Å². The molecule has 0 aromatic rings. The van der Waals surface area contributed by atoms with Crippen LogP contribution in [-0.2, 0) is 0 Å². The molecular formula is C14H30N2O. The quantitative estimate of drug-likeness (QED) is 0.638. The summed E-state index contributed by atoms with van der Waals surface area (Å²) in [5.41, 5.74) is 0.161. The van der Waals surface area contributed by atoms with Crippen LogP contribution in [0.5, 0.6) is 0 Å². The summed E-state index contributed by atoms with van der Waals surface area (Å²) in [6, 6.07) is 0.440. The van der Waals surface area contributed by atoms with Gasteiger partial charge in [0.1, 0.15) is 0 Å². The molecule has 0 amide bonds. The second kappa shape index (κ2) is 7.85. The molecule has 0 bridgehead atoms. The highest BCUT2D eigenvalue weighted by Gasteiger charge is 2.20. The summed E-state index contributed by atoms with van der Waals surface area (Å²) in [5, 5.41) is 12.6. The topological polar surface area (TPSA) is 35.5 Å². The largest absolute Gasteiger partial charge is 0.395 e. The zero-order valence-electron chi connectivity index (χ0n) is 12.2. The van der Waals surface area contributed by atoms with Crippen molar-refractivity contribution in [3.05, 3.63) is 12.7 Å². The maximum absolute atomic E-state index is 9.06. The Morgan fingerprint density at radius 1 is 1.35 bits per heavy atom. The van der Waals surface area contributed by atoms with E-state index in [4.69, 9.17) is 5.11 Å². The van der Waals surface area contributed by atoms with Crippen LogP contribution in [0.15, 0.2) is 12.7 Å². The maximum atomic E-state index is 9.06. The standard InChI is InChI=1S/C14H30N2O/c1-7-8-16(9-10-17)13(3)12(2)11-15-14(4,5)6/h7,12-13,15,17H,1,8-11H2,2-6H3. The van der Waals surface area contributed by atoms with Crippen LogP contribution in [0.1, 0.15) is 34.6 Å². The van der Waals surface area contributed by atoms with E-state index >= 15 is 0 Å². The fraction of sp³-hybridized carbons (Fsp3) is 0.857. The molecule has 0 radical (unpaired) electrons. The number of hydrogen-bond donors (Lipinski definition) is 2. The molecule has 3 heteroatoms. The van der Waals surface area contributed by atoms with Gasteiger partial charge in [-0.15, -0.1) is 6.58 Å². The Hall–Kier alpha value is -0.380. The van der Waals surface area contributed by atoms with Crippen molar-refractivity contribution >= 4 is 0 Å². The average molecular weight is 242 g/mol. The molecule has 0 fully saturated rings. The Bertz CT molecular complexity index is 211. The lowest BCUT2D eigenvalue weighted by Gasteiger charge is -2.33. The third-order valence-corrected chi connectivity index (χ3v) is 3.10. The van der Waals surface area contributed by atoms with Crippen molar-refractivity contribution in [3.63, 3.8) is 0 Å². The molecular weight excluding hydrogens is 212 g/mol. The molecule has 3 nitrogen and oxygen atoms in total. The van der Waals surface area contributed by atoms with Crippen LogP contribution in [0.2, 0.25) is 0 Å². The highest BCUT2D eigenvalue weighted by molar-refractivity contribution is 4.82. The van der Waals surface area contributed by atoms with Gasteiger partial charge in [-0.25, -0.2) is 0 Å². The van der Waals surface area contributed by atoms with Crippen molar-refractivity contribution in [3.8, 4) is 0 Å². The van der Waals surface area contributed by atoms with E-state index in [2.05, 4.69) is 51.4 Å². The molecule has 0 aromatic heterocycles. The summed E-state index contributed by atoms with van der Waals surface area (Å²) in [4.78, 5) is 2.27. The molecule has 0 aliphatic heterocycles. The van der Waals surface area contributed by atoms with Gasteiger partial charge in [-0.3, -0.25) is 4.90 Å². The molecule has 0 aromatic carbocycles. The lowest BCUT2D eigenvalue weighted by Crippen LogP contribution is -2.46. The fourth-order valence-corrected chi connectivity index (χ4v) is 1.75. The van der Waals surface area contributed by atoms with Crippen molar-refractivity contribution in [2.75, 3.05) is 26.2 Å². The normalized spacial score (nSPS) is 15.9. The van der Waals surface area contributed by atoms with E-state index in [9.17, 15) is 0 Å². The molecule has 0 aliphatic rings. The molecule has 0 heterocycles. The predicted molar refractivity (Wildman–Crippen MR) is 75.2 cm³/mol. The van der Waals surface area contributed by atoms with Gasteiger partial charge in [0.25, 0.3) is 0 Å². The first-order valence-electron chi connectivity index (χ1n) is 6.52. The number of rotatable bonds is 8. The molecule has 102 valence electrons. The van der Waals surface area contributed by atoms with E-state index in [0.29, 0.717) is 18.5 Å². The van der Waals surface area contributed by atoms with Gasteiger partial charge in [-0.2, -0.15) is 0 Å². The Balaban J connectivity index is 4.23. The van der Waals surface area contributed by atoms with Crippen LogP contribution < -0.4 is 5.32 Å². The molecule has 0 saturated carbocycles. The number of hydrogen-bond acceptors (Lipinski definition) is 3. The van der Waals surface area contributed by atoms with Crippen LogP contribution in [0.3, 0.4) is 0 Å². The fourth-order valence-electron chi connectivity index (χ4n) is 1.75. The summed E-state index contributed by atoms with van der Waals surface area (Å²) < 4.78 is 0. The molecule has 2 atom stereocenters. The summed E-state index contributed by atoms with van der Waals surface area (Å²) >= 11 is 0. The Morgan fingerprint density at radius 2 is 1.94 bits per heavy atom. The van der Waals surface area contributed by atoms with E-state index in [1.807, 2.05) is 6.08 Å². The van der Waals surface area contributed by atoms with E-state index in [0.717, 1.165) is 13.1 Å². The van der Waals surface area contributed by atoms with Crippen molar-refractivity contribution in [1.29, 1.82) is 0 Å². The van der Waals surface area contributed by atoms with E-state index < -0.39 is 0 Å². The van der Waals surface area contributed by atoms with Crippen molar-refractivity contribution in [2.45, 2.75) is 46.2 Å². The predicted octanol–water partition coefficient (Wildman–Crippen LogP) is 1.88. The van der Waals surface area contributed by atoms with E-state index in [-0.39, 0.29) is 12.1 Å². The minimum atomic E-state index is 0.161. The Labute approximate surface area is 107 Å². The zero-order chi connectivity index (χ0) is 13.5. The van der Waals surface area contributed by atoms with Crippen molar-refractivity contribution in [2.24, 2.45) is 5.92 Å². The Kier molecular flexibility index (Phi) is 7.68. The average Bonchev–Trinajstić information content (AvgIpc) is 2.23. The molecule has 2 N–H and O–H groups in total. The minimum Gasteiger partial charge on any atom is -0.395 e. The SMILES string of the molecule is C=CCN(CCO)C(C)C(C)CNC(C)(C)C. The molecule has 17 heavy (non-hydrogen) atoms. The molecule has 2 unspecified atom stereocenters. The number of nitrogens with one attached hydrogen (secondary N) is 1. The van der Waals surface area contributed by atoms with Gasteiger partial charge >= 0.3 is 0 Å². The minimum absolute atomic E-state index is 0.161. The van der Waals surface area contributed by atoms with Gasteiger partial charge in [-0.05, 0) is 40.2 Å². The first kappa shape index (κ1) is 16.6. The van der Waals surface area contributed by atoms with Crippen molar-refractivity contribution < 1.29 is 5.11 Å². The molecule has 0 spiro atoms. The first-order valence-corrected chi connectivity index (χ1v) is 6.52. The zero-order valence-corrected chi connectivity index (χ0v) is 12.2. The monoisotopic (exact) mass is 242 g/mol. The van der Waals surface area contributed by atoms with Gasteiger partial charge in [0.15, 0.2) is 0 Å². The number of aliphatic hydroxyl groups excluding tert-OH is 1. The van der Waals surface area contributed by atoms with Crippen molar-refractivity contribution in [1.82, 2.24) is 10.2 Å². The van der Waals surface area contributed by atoms with Gasteiger partial charge < -0.3 is 10.4 Å². The lowest BCUT2D eigenvalue weighted by atomic mass is 10.00. The van der Waals surface area contributed by atoms with Crippen LogP contribution in [0.4, 0.5) is 0 Å². The van der Waals surface area contributed by atoms with E-state index in [1.165, 1.54) is 0 Å². The summed E-state index contributed by atoms with van der Waals surface area (Å²) in [6.07, 6.45) is 1.90. The second-order valence-corrected chi connectivity index (χ2v) is 5.86. The smallest absolute Gasteiger partial charge is 0.0558 e. The van der Waals surface area contributed by atoms with Gasteiger partial charge in [0, 0.05) is 24.7 Å².